The quantitative estimate of drug-likeness (QED) is 0.742. The molecule has 1 saturated heterocycles. The molecule has 0 spiro atoms. The molecule has 0 saturated carbocycles. The molecule has 1 aliphatic heterocycles. The topological polar surface area (TPSA) is 101 Å². The number of carbonyl (C=O) groups is 1. The Morgan fingerprint density at radius 3 is 2.78 bits per heavy atom. The zero-order valence-corrected chi connectivity index (χ0v) is 14.6. The number of likely N-dealkylation sites (tertiary alicyclic amines) is 1. The first kappa shape index (κ1) is 17.1. The maximum absolute atomic E-state index is 13.3. The summed E-state index contributed by atoms with van der Waals surface area (Å²) in [5.41, 5.74) is 8.50. The molecular weight excluding hydrogens is 347 g/mol. The molecule has 0 unspecified atom stereocenters. The lowest BCUT2D eigenvalue weighted by Crippen LogP contribution is -2.39. The zero-order valence-electron chi connectivity index (χ0n) is 14.6. The molecule has 1 aliphatic rings. The first-order chi connectivity index (χ1) is 13.1. The first-order valence-electron chi connectivity index (χ1n) is 8.82. The van der Waals surface area contributed by atoms with Gasteiger partial charge in [-0.15, -0.1) is 0 Å². The van der Waals surface area contributed by atoms with Gasteiger partial charge in [0.15, 0.2) is 0 Å². The number of aromatic amines is 1. The van der Waals surface area contributed by atoms with E-state index in [2.05, 4.69) is 20.2 Å². The third-order valence-electron chi connectivity index (χ3n) is 4.80. The van der Waals surface area contributed by atoms with E-state index in [4.69, 9.17) is 5.73 Å². The molecule has 3 heterocycles. The van der Waals surface area contributed by atoms with Gasteiger partial charge in [-0.25, -0.2) is 14.4 Å². The van der Waals surface area contributed by atoms with Gasteiger partial charge in [0.05, 0.1) is 11.7 Å². The van der Waals surface area contributed by atoms with Gasteiger partial charge in [-0.05, 0) is 43.0 Å². The van der Waals surface area contributed by atoms with Crippen LogP contribution in [-0.4, -0.2) is 37.5 Å². The average molecular weight is 366 g/mol. The van der Waals surface area contributed by atoms with E-state index in [9.17, 15) is 9.18 Å². The van der Waals surface area contributed by atoms with Gasteiger partial charge < -0.3 is 10.6 Å². The summed E-state index contributed by atoms with van der Waals surface area (Å²) in [7, 11) is 0. The van der Waals surface area contributed by atoms with Gasteiger partial charge in [0.25, 0.3) is 5.91 Å². The number of anilines is 1. The van der Waals surface area contributed by atoms with E-state index in [1.165, 1.54) is 12.1 Å². The Kier molecular flexibility index (Phi) is 4.53. The third kappa shape index (κ3) is 3.38. The van der Waals surface area contributed by atoms with Crippen LogP contribution < -0.4 is 5.73 Å². The molecule has 1 atom stereocenters. The van der Waals surface area contributed by atoms with Gasteiger partial charge in [0.2, 0.25) is 5.95 Å². The van der Waals surface area contributed by atoms with E-state index >= 15 is 0 Å². The van der Waals surface area contributed by atoms with Crippen LogP contribution in [0.4, 0.5) is 10.3 Å². The first-order valence-corrected chi connectivity index (χ1v) is 8.82. The van der Waals surface area contributed by atoms with Gasteiger partial charge in [-0.1, -0.05) is 12.1 Å². The van der Waals surface area contributed by atoms with E-state index in [1.54, 1.807) is 35.5 Å². The number of nitrogens with one attached hydrogen (secondary N) is 1. The van der Waals surface area contributed by atoms with Gasteiger partial charge in [-0.2, -0.15) is 5.10 Å². The second-order valence-corrected chi connectivity index (χ2v) is 6.51. The summed E-state index contributed by atoms with van der Waals surface area (Å²) in [5.74, 6) is -0.291. The summed E-state index contributed by atoms with van der Waals surface area (Å²) in [6.07, 6.45) is 5.86. The number of nitrogens with two attached hydrogens (primary N) is 1. The third-order valence-corrected chi connectivity index (χ3v) is 4.80. The molecule has 0 bridgehead atoms. The summed E-state index contributed by atoms with van der Waals surface area (Å²) in [6.45, 7) is 0.620. The van der Waals surface area contributed by atoms with Gasteiger partial charge in [-0.3, -0.25) is 9.89 Å². The molecule has 3 N–H and O–H groups in total. The largest absolute Gasteiger partial charge is 0.368 e. The minimum Gasteiger partial charge on any atom is -0.368 e. The smallest absolute Gasteiger partial charge is 0.272 e. The van der Waals surface area contributed by atoms with Crippen LogP contribution in [-0.2, 0) is 0 Å². The van der Waals surface area contributed by atoms with Crippen molar-refractivity contribution >= 4 is 11.9 Å². The number of nitrogens with zero attached hydrogens (tertiary/aromatic N) is 4. The number of nitrogen functional groups attached to an aromatic ring is 1. The maximum Gasteiger partial charge on any atom is 0.272 e. The Morgan fingerprint density at radius 2 is 2.04 bits per heavy atom. The van der Waals surface area contributed by atoms with Crippen molar-refractivity contribution in [2.75, 3.05) is 12.3 Å². The highest BCUT2D eigenvalue weighted by molar-refractivity contribution is 5.92. The van der Waals surface area contributed by atoms with E-state index < -0.39 is 0 Å². The van der Waals surface area contributed by atoms with Crippen LogP contribution >= 0.6 is 0 Å². The number of amides is 1. The van der Waals surface area contributed by atoms with Crippen LogP contribution in [0.5, 0.6) is 0 Å². The molecule has 27 heavy (non-hydrogen) atoms. The SMILES string of the molecule is Nc1ncc(-c2ccc(F)cc2)c([C@H]2CCCCN2C(=O)c2ccn[nH]2)n1. The molecule has 7 nitrogen and oxygen atoms in total. The number of rotatable bonds is 3. The van der Waals surface area contributed by atoms with Crippen LogP contribution in [0, 0.1) is 5.82 Å². The number of halogens is 1. The minimum atomic E-state index is -0.314. The number of hydrogen-bond acceptors (Lipinski definition) is 5. The predicted octanol–water partition coefficient (Wildman–Crippen LogP) is 2.96. The maximum atomic E-state index is 13.3. The van der Waals surface area contributed by atoms with Crippen molar-refractivity contribution in [3.8, 4) is 11.1 Å². The molecule has 8 heteroatoms. The lowest BCUT2D eigenvalue weighted by molar-refractivity contribution is 0.0600. The summed E-state index contributed by atoms with van der Waals surface area (Å²) in [6, 6.07) is 7.56. The van der Waals surface area contributed by atoms with Crippen molar-refractivity contribution in [3.63, 3.8) is 0 Å². The Hall–Kier alpha value is -3.29. The lowest BCUT2D eigenvalue weighted by Gasteiger charge is -2.36. The van der Waals surface area contributed by atoms with Crippen molar-refractivity contribution < 1.29 is 9.18 Å². The van der Waals surface area contributed by atoms with Gasteiger partial charge >= 0.3 is 0 Å². The average Bonchev–Trinajstić information content (AvgIpc) is 3.23. The van der Waals surface area contributed by atoms with Crippen molar-refractivity contribution in [2.45, 2.75) is 25.3 Å². The molecular formula is C19H19FN6O. The predicted molar refractivity (Wildman–Crippen MR) is 98.1 cm³/mol. The highest BCUT2D eigenvalue weighted by Crippen LogP contribution is 2.36. The lowest BCUT2D eigenvalue weighted by atomic mass is 9.93. The molecule has 3 aromatic rings. The van der Waals surface area contributed by atoms with E-state index in [1.807, 2.05) is 0 Å². The van der Waals surface area contributed by atoms with Crippen molar-refractivity contribution in [3.05, 3.63) is 59.9 Å². The van der Waals surface area contributed by atoms with Gasteiger partial charge in [0.1, 0.15) is 11.5 Å². The normalized spacial score (nSPS) is 17.1. The molecule has 0 aliphatic carbocycles. The van der Waals surface area contributed by atoms with E-state index in [0.29, 0.717) is 17.9 Å². The van der Waals surface area contributed by atoms with Gasteiger partial charge in [0, 0.05) is 24.5 Å². The van der Waals surface area contributed by atoms with Crippen molar-refractivity contribution in [1.82, 2.24) is 25.1 Å². The second kappa shape index (κ2) is 7.14. The Balaban J connectivity index is 1.77. The highest BCUT2D eigenvalue weighted by atomic mass is 19.1. The fraction of sp³-hybridized carbons (Fsp3) is 0.263. The molecule has 1 aromatic carbocycles. The summed E-state index contributed by atoms with van der Waals surface area (Å²) < 4.78 is 13.3. The Labute approximate surface area is 155 Å². The summed E-state index contributed by atoms with van der Waals surface area (Å²) in [4.78, 5) is 23.3. The van der Waals surface area contributed by atoms with E-state index in [-0.39, 0.29) is 23.7 Å². The van der Waals surface area contributed by atoms with Crippen molar-refractivity contribution in [1.29, 1.82) is 0 Å². The number of carbonyl (C=O) groups excluding carboxylic acids is 1. The van der Waals surface area contributed by atoms with Crippen LogP contribution in [0.3, 0.4) is 0 Å². The van der Waals surface area contributed by atoms with Crippen LogP contribution in [0.1, 0.15) is 41.5 Å². The standard InChI is InChI=1S/C19H19FN6O/c20-13-6-4-12(5-7-13)14-11-22-19(21)24-17(14)16-3-1-2-10-26(16)18(27)15-8-9-23-25-15/h4-9,11,16H,1-3,10H2,(H,23,25)(H2,21,22,24)/t16-/m1/s1. The van der Waals surface area contributed by atoms with Crippen molar-refractivity contribution in [2.24, 2.45) is 0 Å². The number of aromatic nitrogens is 4. The number of H-pyrrole nitrogens is 1. The molecule has 1 amide bonds. The summed E-state index contributed by atoms with van der Waals surface area (Å²) in [5, 5.41) is 6.60. The minimum absolute atomic E-state index is 0.126. The number of piperidine rings is 1. The Morgan fingerprint density at radius 1 is 1.22 bits per heavy atom. The van der Waals surface area contributed by atoms with Crippen LogP contribution in [0.25, 0.3) is 11.1 Å². The molecule has 4 rings (SSSR count). The van der Waals surface area contributed by atoms with Crippen LogP contribution in [0.2, 0.25) is 0 Å². The monoisotopic (exact) mass is 366 g/mol. The zero-order chi connectivity index (χ0) is 18.8. The van der Waals surface area contributed by atoms with E-state index in [0.717, 1.165) is 30.4 Å². The Bertz CT molecular complexity index is 941. The number of hydrogen-bond donors (Lipinski definition) is 2. The molecule has 138 valence electrons. The second-order valence-electron chi connectivity index (χ2n) is 6.51. The molecule has 2 aromatic heterocycles. The molecule has 0 radical (unpaired) electrons. The van der Waals surface area contributed by atoms with Crippen LogP contribution in [0.15, 0.2) is 42.7 Å². The number of benzene rings is 1. The fourth-order valence-electron chi connectivity index (χ4n) is 3.50. The summed E-state index contributed by atoms with van der Waals surface area (Å²) >= 11 is 0. The highest BCUT2D eigenvalue weighted by Gasteiger charge is 2.32. The fourth-order valence-corrected chi connectivity index (χ4v) is 3.50. The molecule has 1 fully saturated rings.